The van der Waals surface area contributed by atoms with Crippen molar-refractivity contribution in [3.63, 3.8) is 0 Å². The van der Waals surface area contributed by atoms with Crippen LogP contribution < -0.4 is 10.1 Å². The Hall–Kier alpha value is -4.37. The molecule has 164 valence electrons. The standard InChI is InChI=1S/C27H23N3O3/c1-3-33-24-7-5-4-6-20(24)18-9-11-19(12-10-18)26-22(15-28)27(29-16-25(31)32)21-13-8-17(2)14-23(21)30-26/h4-14H,3,16H2,1-2H3,(H,29,30)(H,31,32). The molecular weight excluding hydrogens is 414 g/mol. The highest BCUT2D eigenvalue weighted by atomic mass is 16.5. The van der Waals surface area contributed by atoms with Gasteiger partial charge in [0.05, 0.1) is 23.5 Å². The summed E-state index contributed by atoms with van der Waals surface area (Å²) in [6.45, 7) is 4.20. The Morgan fingerprint density at radius 3 is 2.52 bits per heavy atom. The lowest BCUT2D eigenvalue weighted by molar-refractivity contribution is -0.134. The summed E-state index contributed by atoms with van der Waals surface area (Å²) in [5.74, 6) is -0.195. The molecule has 0 saturated heterocycles. The number of aryl methyl sites for hydroxylation is 1. The summed E-state index contributed by atoms with van der Waals surface area (Å²) in [6.07, 6.45) is 0. The number of ether oxygens (including phenoxy) is 1. The molecule has 0 aliphatic carbocycles. The zero-order valence-electron chi connectivity index (χ0n) is 18.4. The number of hydrogen-bond donors (Lipinski definition) is 2. The molecule has 0 bridgehead atoms. The quantitative estimate of drug-likeness (QED) is 0.388. The van der Waals surface area contributed by atoms with Crippen LogP contribution in [0.25, 0.3) is 33.3 Å². The molecule has 0 spiro atoms. The van der Waals surface area contributed by atoms with E-state index < -0.39 is 5.97 Å². The van der Waals surface area contributed by atoms with Crippen molar-refractivity contribution in [2.45, 2.75) is 13.8 Å². The predicted octanol–water partition coefficient (Wildman–Crippen LogP) is 5.64. The molecule has 6 nitrogen and oxygen atoms in total. The van der Waals surface area contributed by atoms with Gasteiger partial charge >= 0.3 is 5.97 Å². The normalized spacial score (nSPS) is 10.6. The molecule has 0 radical (unpaired) electrons. The molecule has 3 aromatic carbocycles. The lowest BCUT2D eigenvalue weighted by Crippen LogP contribution is -2.14. The SMILES string of the molecule is CCOc1ccccc1-c1ccc(-c2nc3cc(C)ccc3c(NCC(=O)O)c2C#N)cc1. The van der Waals surface area contributed by atoms with Crippen LogP contribution in [0.2, 0.25) is 0 Å². The van der Waals surface area contributed by atoms with Gasteiger partial charge in [0.15, 0.2) is 0 Å². The molecule has 0 amide bonds. The molecular formula is C27H23N3O3. The van der Waals surface area contributed by atoms with Gasteiger partial charge in [0.2, 0.25) is 0 Å². The molecule has 0 unspecified atom stereocenters. The van der Waals surface area contributed by atoms with Gasteiger partial charge in [-0.25, -0.2) is 4.98 Å². The minimum Gasteiger partial charge on any atom is -0.493 e. The molecule has 1 aromatic heterocycles. The molecule has 2 N–H and O–H groups in total. The summed E-state index contributed by atoms with van der Waals surface area (Å²) in [5.41, 5.74) is 5.76. The monoisotopic (exact) mass is 437 g/mol. The van der Waals surface area contributed by atoms with E-state index in [1.807, 2.05) is 80.6 Å². The van der Waals surface area contributed by atoms with E-state index >= 15 is 0 Å². The fraction of sp³-hybridized carbons (Fsp3) is 0.148. The van der Waals surface area contributed by atoms with Crippen LogP contribution in [0.15, 0.2) is 66.7 Å². The van der Waals surface area contributed by atoms with E-state index in [9.17, 15) is 10.1 Å². The Morgan fingerprint density at radius 2 is 1.82 bits per heavy atom. The van der Waals surface area contributed by atoms with E-state index in [0.29, 0.717) is 34.5 Å². The maximum Gasteiger partial charge on any atom is 0.322 e. The number of carboxylic acid groups (broad SMARTS) is 1. The fourth-order valence-corrected chi connectivity index (χ4v) is 3.83. The Labute approximate surface area is 192 Å². The van der Waals surface area contributed by atoms with Crippen molar-refractivity contribution in [2.24, 2.45) is 0 Å². The van der Waals surface area contributed by atoms with Gasteiger partial charge < -0.3 is 15.2 Å². The highest BCUT2D eigenvalue weighted by Crippen LogP contribution is 2.36. The number of carbonyl (C=O) groups is 1. The maximum atomic E-state index is 11.2. The second kappa shape index (κ2) is 9.41. The molecule has 0 saturated carbocycles. The minimum absolute atomic E-state index is 0.297. The number of nitrogens with one attached hydrogen (secondary N) is 1. The third-order valence-corrected chi connectivity index (χ3v) is 5.33. The van der Waals surface area contributed by atoms with Crippen LogP contribution in [0.5, 0.6) is 5.75 Å². The Balaban J connectivity index is 1.84. The van der Waals surface area contributed by atoms with Crippen LogP contribution in [0, 0.1) is 18.3 Å². The molecule has 4 rings (SSSR count). The zero-order valence-corrected chi connectivity index (χ0v) is 18.4. The number of pyridine rings is 1. The minimum atomic E-state index is -1.00. The number of benzene rings is 3. The molecule has 6 heteroatoms. The smallest absolute Gasteiger partial charge is 0.322 e. The number of fused-ring (bicyclic) bond motifs is 1. The number of hydrogen-bond acceptors (Lipinski definition) is 5. The Kier molecular flexibility index (Phi) is 6.23. The van der Waals surface area contributed by atoms with Gasteiger partial charge in [-0.3, -0.25) is 4.79 Å². The number of aromatic nitrogens is 1. The van der Waals surface area contributed by atoms with Crippen molar-refractivity contribution >= 4 is 22.6 Å². The Morgan fingerprint density at radius 1 is 1.09 bits per heavy atom. The number of anilines is 1. The average molecular weight is 437 g/mol. The van der Waals surface area contributed by atoms with Crippen LogP contribution in [0.3, 0.4) is 0 Å². The van der Waals surface area contributed by atoms with Crippen LogP contribution in [0.4, 0.5) is 5.69 Å². The van der Waals surface area contributed by atoms with Gasteiger partial charge in [0.1, 0.15) is 23.9 Å². The fourth-order valence-electron chi connectivity index (χ4n) is 3.83. The molecule has 33 heavy (non-hydrogen) atoms. The first-order valence-electron chi connectivity index (χ1n) is 10.6. The van der Waals surface area contributed by atoms with Crippen LogP contribution in [-0.2, 0) is 4.79 Å². The second-order valence-corrected chi connectivity index (χ2v) is 7.60. The number of para-hydroxylation sites is 1. The molecule has 0 atom stereocenters. The molecule has 1 heterocycles. The van der Waals surface area contributed by atoms with Crippen molar-refractivity contribution in [3.8, 4) is 34.2 Å². The van der Waals surface area contributed by atoms with Crippen molar-refractivity contribution in [1.29, 1.82) is 5.26 Å². The number of nitrogens with zero attached hydrogens (tertiary/aromatic N) is 2. The van der Waals surface area contributed by atoms with Gasteiger partial charge in [-0.1, -0.05) is 54.6 Å². The highest BCUT2D eigenvalue weighted by Gasteiger charge is 2.18. The molecule has 0 aliphatic heterocycles. The van der Waals surface area contributed by atoms with Gasteiger partial charge in [-0.15, -0.1) is 0 Å². The molecule has 0 fully saturated rings. The van der Waals surface area contributed by atoms with Crippen molar-refractivity contribution in [3.05, 3.63) is 77.9 Å². The van der Waals surface area contributed by atoms with E-state index in [1.54, 1.807) is 0 Å². The lowest BCUT2D eigenvalue weighted by Gasteiger charge is -2.15. The van der Waals surface area contributed by atoms with Crippen molar-refractivity contribution < 1.29 is 14.6 Å². The van der Waals surface area contributed by atoms with Gasteiger partial charge in [-0.05, 0) is 37.1 Å². The highest BCUT2D eigenvalue weighted by molar-refractivity contribution is 5.99. The molecule has 0 aliphatic rings. The lowest BCUT2D eigenvalue weighted by atomic mass is 9.98. The summed E-state index contributed by atoms with van der Waals surface area (Å²) < 4.78 is 5.75. The topological polar surface area (TPSA) is 95.2 Å². The summed E-state index contributed by atoms with van der Waals surface area (Å²) in [6, 6.07) is 23.6. The maximum absolute atomic E-state index is 11.2. The first-order valence-corrected chi connectivity index (χ1v) is 10.6. The van der Waals surface area contributed by atoms with Gasteiger partial charge in [0, 0.05) is 16.5 Å². The zero-order chi connectivity index (χ0) is 23.4. The van der Waals surface area contributed by atoms with Gasteiger partial charge in [-0.2, -0.15) is 5.26 Å². The molecule has 4 aromatic rings. The summed E-state index contributed by atoms with van der Waals surface area (Å²) in [5, 5.41) is 22.8. The van der Waals surface area contributed by atoms with E-state index in [1.165, 1.54) is 0 Å². The summed E-state index contributed by atoms with van der Waals surface area (Å²) in [4.78, 5) is 16.0. The number of nitriles is 1. The van der Waals surface area contributed by atoms with E-state index in [0.717, 1.165) is 28.0 Å². The average Bonchev–Trinajstić information content (AvgIpc) is 2.82. The van der Waals surface area contributed by atoms with E-state index in [4.69, 9.17) is 14.8 Å². The largest absolute Gasteiger partial charge is 0.493 e. The van der Waals surface area contributed by atoms with E-state index in [-0.39, 0.29) is 6.54 Å². The predicted molar refractivity (Wildman–Crippen MR) is 129 cm³/mol. The first-order chi connectivity index (χ1) is 16.0. The second-order valence-electron chi connectivity index (χ2n) is 7.60. The number of aliphatic carboxylic acids is 1. The van der Waals surface area contributed by atoms with Crippen LogP contribution in [-0.4, -0.2) is 29.2 Å². The van der Waals surface area contributed by atoms with Crippen LogP contribution in [0.1, 0.15) is 18.1 Å². The summed E-state index contributed by atoms with van der Waals surface area (Å²) >= 11 is 0. The van der Waals surface area contributed by atoms with Crippen molar-refractivity contribution in [2.75, 3.05) is 18.5 Å². The number of rotatable bonds is 7. The Bertz CT molecular complexity index is 1370. The van der Waals surface area contributed by atoms with Crippen molar-refractivity contribution in [1.82, 2.24) is 4.98 Å². The summed E-state index contributed by atoms with van der Waals surface area (Å²) in [7, 11) is 0. The first kappa shape index (κ1) is 21.8. The van der Waals surface area contributed by atoms with Gasteiger partial charge in [0.25, 0.3) is 0 Å². The third kappa shape index (κ3) is 4.48. The third-order valence-electron chi connectivity index (χ3n) is 5.33. The van der Waals surface area contributed by atoms with Crippen LogP contribution >= 0.6 is 0 Å². The number of carboxylic acids is 1. The van der Waals surface area contributed by atoms with E-state index in [2.05, 4.69) is 11.4 Å².